The highest BCUT2D eigenvalue weighted by Crippen LogP contribution is 2.35. The molecule has 0 radical (unpaired) electrons. The van der Waals surface area contributed by atoms with Crippen LogP contribution < -0.4 is 15.0 Å². The highest BCUT2D eigenvalue weighted by atomic mass is 16.5. The van der Waals surface area contributed by atoms with Crippen LogP contribution >= 0.6 is 0 Å². The summed E-state index contributed by atoms with van der Waals surface area (Å²) in [6.45, 7) is 7.06. The zero-order valence-corrected chi connectivity index (χ0v) is 17.0. The average molecular weight is 380 g/mol. The van der Waals surface area contributed by atoms with Gasteiger partial charge in [-0.05, 0) is 30.0 Å². The first-order valence-electron chi connectivity index (χ1n) is 9.71. The van der Waals surface area contributed by atoms with Crippen LogP contribution in [0.2, 0.25) is 0 Å². The molecule has 1 saturated heterocycles. The Kier molecular flexibility index (Phi) is 6.02. The summed E-state index contributed by atoms with van der Waals surface area (Å²) >= 11 is 0. The molecule has 1 fully saturated rings. The maximum absolute atomic E-state index is 12.7. The topological polar surface area (TPSA) is 58.6 Å². The smallest absolute Gasteiger partial charge is 0.227 e. The molecule has 0 saturated carbocycles. The van der Waals surface area contributed by atoms with Crippen molar-refractivity contribution in [2.24, 2.45) is 5.92 Å². The van der Waals surface area contributed by atoms with Crippen LogP contribution in [0.25, 0.3) is 0 Å². The predicted molar refractivity (Wildman–Crippen MR) is 111 cm³/mol. The molecule has 148 valence electrons. The molecule has 1 N–H and O–H groups in total. The molecule has 0 bridgehead atoms. The van der Waals surface area contributed by atoms with Crippen molar-refractivity contribution in [2.45, 2.75) is 39.7 Å². The van der Waals surface area contributed by atoms with Crippen LogP contribution in [0.1, 0.15) is 42.9 Å². The van der Waals surface area contributed by atoms with Crippen LogP contribution in [-0.4, -0.2) is 25.5 Å². The van der Waals surface area contributed by atoms with Gasteiger partial charge in [0.1, 0.15) is 5.75 Å². The lowest BCUT2D eigenvalue weighted by molar-refractivity contribution is -0.126. The van der Waals surface area contributed by atoms with Gasteiger partial charge < -0.3 is 15.0 Å². The third-order valence-corrected chi connectivity index (χ3v) is 5.30. The fourth-order valence-electron chi connectivity index (χ4n) is 3.79. The Morgan fingerprint density at radius 3 is 2.68 bits per heavy atom. The number of methoxy groups -OCH3 is 1. The minimum Gasteiger partial charge on any atom is -0.496 e. The van der Waals surface area contributed by atoms with Gasteiger partial charge >= 0.3 is 0 Å². The van der Waals surface area contributed by atoms with E-state index in [1.807, 2.05) is 43.3 Å². The molecule has 2 amide bonds. The van der Waals surface area contributed by atoms with E-state index in [0.717, 1.165) is 28.1 Å². The second-order valence-electron chi connectivity index (χ2n) is 7.60. The summed E-state index contributed by atoms with van der Waals surface area (Å²) < 4.78 is 5.33. The van der Waals surface area contributed by atoms with E-state index < -0.39 is 0 Å². The van der Waals surface area contributed by atoms with Crippen LogP contribution in [0.5, 0.6) is 5.75 Å². The van der Waals surface area contributed by atoms with E-state index in [-0.39, 0.29) is 24.2 Å². The number of para-hydroxylation sites is 2. The first-order valence-corrected chi connectivity index (χ1v) is 9.71. The molecule has 1 unspecified atom stereocenters. The predicted octanol–water partition coefficient (Wildman–Crippen LogP) is 3.80. The van der Waals surface area contributed by atoms with Gasteiger partial charge in [-0.1, -0.05) is 50.2 Å². The van der Waals surface area contributed by atoms with Gasteiger partial charge in [0.25, 0.3) is 0 Å². The number of carbonyl (C=O) groups is 2. The van der Waals surface area contributed by atoms with Crippen molar-refractivity contribution in [3.8, 4) is 5.75 Å². The second kappa shape index (κ2) is 8.46. The van der Waals surface area contributed by atoms with Crippen molar-refractivity contribution >= 4 is 17.5 Å². The van der Waals surface area contributed by atoms with Crippen LogP contribution in [0.3, 0.4) is 0 Å². The molecule has 1 atom stereocenters. The first-order chi connectivity index (χ1) is 13.4. The van der Waals surface area contributed by atoms with E-state index in [0.29, 0.717) is 19.0 Å². The Morgan fingerprint density at radius 2 is 1.96 bits per heavy atom. The van der Waals surface area contributed by atoms with Crippen LogP contribution in [0.15, 0.2) is 42.5 Å². The Hall–Kier alpha value is -2.82. The lowest BCUT2D eigenvalue weighted by Gasteiger charge is -2.24. The lowest BCUT2D eigenvalue weighted by Crippen LogP contribution is -2.33. The Balaban J connectivity index is 1.72. The minimum atomic E-state index is -0.346. The second-order valence-corrected chi connectivity index (χ2v) is 7.60. The summed E-state index contributed by atoms with van der Waals surface area (Å²) in [6, 6.07) is 13.7. The van der Waals surface area contributed by atoms with Crippen LogP contribution in [0, 0.1) is 12.8 Å². The molecule has 3 rings (SSSR count). The number of hydrogen-bond donors (Lipinski definition) is 1. The average Bonchev–Trinajstić information content (AvgIpc) is 3.07. The van der Waals surface area contributed by atoms with Crippen LogP contribution in [-0.2, 0) is 16.1 Å². The number of aryl methyl sites for hydroxylation is 1. The molecule has 0 aliphatic carbocycles. The normalized spacial score (nSPS) is 16.5. The lowest BCUT2D eigenvalue weighted by atomic mass is 9.97. The van der Waals surface area contributed by atoms with E-state index in [1.54, 1.807) is 12.0 Å². The van der Waals surface area contributed by atoms with Gasteiger partial charge in [-0.25, -0.2) is 0 Å². The maximum atomic E-state index is 12.7. The van der Waals surface area contributed by atoms with Crippen molar-refractivity contribution in [1.82, 2.24) is 5.32 Å². The van der Waals surface area contributed by atoms with Crippen LogP contribution in [0.4, 0.5) is 5.69 Å². The summed E-state index contributed by atoms with van der Waals surface area (Å²) in [7, 11) is 1.61. The van der Waals surface area contributed by atoms with E-state index in [9.17, 15) is 9.59 Å². The standard InChI is InChI=1S/C23H28N2O3/c1-15(2)19-10-7-8-16(3)22(19)25-14-18(12-21(25)26)23(27)24-13-17-9-5-6-11-20(17)28-4/h5-11,15,18H,12-14H2,1-4H3,(H,24,27). The Morgan fingerprint density at radius 1 is 1.21 bits per heavy atom. The molecule has 2 aromatic rings. The number of nitrogens with one attached hydrogen (secondary N) is 1. The van der Waals surface area contributed by atoms with Gasteiger partial charge in [0.15, 0.2) is 0 Å². The highest BCUT2D eigenvalue weighted by Gasteiger charge is 2.36. The third kappa shape index (κ3) is 4.03. The van der Waals surface area contributed by atoms with Crippen molar-refractivity contribution in [2.75, 3.05) is 18.6 Å². The van der Waals surface area contributed by atoms with E-state index in [2.05, 4.69) is 25.2 Å². The fraction of sp³-hybridized carbons (Fsp3) is 0.391. The first kappa shape index (κ1) is 19.9. The number of hydrogen-bond acceptors (Lipinski definition) is 3. The zero-order valence-electron chi connectivity index (χ0n) is 17.0. The number of benzene rings is 2. The largest absolute Gasteiger partial charge is 0.496 e. The molecule has 1 heterocycles. The number of nitrogens with zero attached hydrogens (tertiary/aromatic N) is 1. The van der Waals surface area contributed by atoms with E-state index >= 15 is 0 Å². The van der Waals surface area contributed by atoms with Gasteiger partial charge in [-0.15, -0.1) is 0 Å². The SMILES string of the molecule is COc1ccccc1CNC(=O)C1CC(=O)N(c2c(C)cccc2C(C)C)C1. The molecule has 28 heavy (non-hydrogen) atoms. The number of rotatable bonds is 6. The molecule has 0 aromatic heterocycles. The maximum Gasteiger partial charge on any atom is 0.227 e. The molecule has 5 nitrogen and oxygen atoms in total. The summed E-state index contributed by atoms with van der Waals surface area (Å²) in [6.07, 6.45) is 0.240. The fourth-order valence-corrected chi connectivity index (χ4v) is 3.79. The summed E-state index contributed by atoms with van der Waals surface area (Å²) in [5.41, 5.74) is 4.08. The molecule has 1 aliphatic heterocycles. The molecule has 5 heteroatoms. The molecular weight excluding hydrogens is 352 g/mol. The van der Waals surface area contributed by atoms with Crippen molar-refractivity contribution < 1.29 is 14.3 Å². The van der Waals surface area contributed by atoms with Gasteiger partial charge in [0, 0.05) is 30.8 Å². The number of anilines is 1. The highest BCUT2D eigenvalue weighted by molar-refractivity contribution is 6.01. The summed E-state index contributed by atoms with van der Waals surface area (Å²) in [4.78, 5) is 27.2. The minimum absolute atomic E-state index is 0.00800. The van der Waals surface area contributed by atoms with Crippen molar-refractivity contribution in [3.05, 3.63) is 59.2 Å². The summed E-state index contributed by atoms with van der Waals surface area (Å²) in [5, 5.41) is 2.96. The Labute approximate surface area is 166 Å². The summed E-state index contributed by atoms with van der Waals surface area (Å²) in [5.74, 6) is 0.617. The quantitative estimate of drug-likeness (QED) is 0.829. The molecule has 0 spiro atoms. The number of ether oxygens (including phenoxy) is 1. The van der Waals surface area contributed by atoms with Crippen molar-refractivity contribution in [3.63, 3.8) is 0 Å². The van der Waals surface area contributed by atoms with Gasteiger partial charge in [0.2, 0.25) is 11.8 Å². The monoisotopic (exact) mass is 380 g/mol. The van der Waals surface area contributed by atoms with Crippen molar-refractivity contribution in [1.29, 1.82) is 0 Å². The molecular formula is C23H28N2O3. The third-order valence-electron chi connectivity index (χ3n) is 5.30. The molecule has 2 aromatic carbocycles. The van der Waals surface area contributed by atoms with Gasteiger partial charge in [-0.2, -0.15) is 0 Å². The van der Waals surface area contributed by atoms with E-state index in [1.165, 1.54) is 0 Å². The molecule has 1 aliphatic rings. The Bertz CT molecular complexity index is 876. The number of amides is 2. The van der Waals surface area contributed by atoms with Gasteiger partial charge in [-0.3, -0.25) is 9.59 Å². The zero-order chi connectivity index (χ0) is 20.3. The van der Waals surface area contributed by atoms with E-state index in [4.69, 9.17) is 4.74 Å². The number of carbonyl (C=O) groups excluding carboxylic acids is 2. The van der Waals surface area contributed by atoms with Gasteiger partial charge in [0.05, 0.1) is 13.0 Å².